The summed E-state index contributed by atoms with van der Waals surface area (Å²) in [6, 6.07) is 31.6. The number of rotatable bonds is 12. The maximum absolute atomic E-state index is 12.2. The highest BCUT2D eigenvalue weighted by atomic mass is 35.5. The van der Waals surface area contributed by atoms with Crippen molar-refractivity contribution in [1.82, 2.24) is 19.9 Å². The van der Waals surface area contributed by atoms with Crippen molar-refractivity contribution < 1.29 is 38.1 Å². The number of aromatic nitrogens is 4. The smallest absolute Gasteiger partial charge is 0.409 e. The van der Waals surface area contributed by atoms with Gasteiger partial charge in [-0.15, -0.1) is 0 Å². The molecule has 2 aliphatic rings. The van der Waals surface area contributed by atoms with Gasteiger partial charge >= 0.3 is 11.4 Å². The summed E-state index contributed by atoms with van der Waals surface area (Å²) in [5.41, 5.74) is 8.34. The van der Waals surface area contributed by atoms with Crippen LogP contribution >= 0.6 is 11.6 Å². The van der Waals surface area contributed by atoms with Crippen molar-refractivity contribution in [3.63, 3.8) is 0 Å². The maximum atomic E-state index is 12.2. The molecule has 0 radical (unpaired) electrons. The van der Waals surface area contributed by atoms with Gasteiger partial charge in [-0.1, -0.05) is 57.3 Å². The summed E-state index contributed by atoms with van der Waals surface area (Å²) in [6.45, 7) is 3.81. The van der Waals surface area contributed by atoms with Crippen molar-refractivity contribution in [2.45, 2.75) is 60.8 Å². The van der Waals surface area contributed by atoms with Gasteiger partial charge in [-0.25, -0.2) is 24.7 Å². The minimum absolute atomic E-state index is 0. The van der Waals surface area contributed by atoms with Crippen LogP contribution in [0.25, 0.3) is 0 Å². The van der Waals surface area contributed by atoms with Gasteiger partial charge in [-0.2, -0.15) is 0 Å². The summed E-state index contributed by atoms with van der Waals surface area (Å²) in [6.07, 6.45) is 6.61. The maximum Gasteiger partial charge on any atom is 0.409 e. The van der Waals surface area contributed by atoms with Gasteiger partial charge in [0.2, 0.25) is 23.6 Å². The first-order valence-electron chi connectivity index (χ1n) is 19.2. The van der Waals surface area contributed by atoms with Crippen molar-refractivity contribution >= 4 is 52.1 Å². The number of nitrogens with two attached hydrogens (primary N) is 1. The van der Waals surface area contributed by atoms with E-state index in [1.807, 2.05) is 56.3 Å². The summed E-state index contributed by atoms with van der Waals surface area (Å²) in [4.78, 5) is 62.1. The third-order valence-electron chi connectivity index (χ3n) is 8.93. The number of benzene rings is 4. The summed E-state index contributed by atoms with van der Waals surface area (Å²) < 4.78 is 21.3. The Morgan fingerprint density at radius 3 is 1.51 bits per heavy atom. The van der Waals surface area contributed by atoms with Gasteiger partial charge in [-0.3, -0.25) is 14.4 Å². The molecule has 2 aromatic heterocycles. The quantitative estimate of drug-likeness (QED) is 0.0453. The SMILES string of the molecule is C.C.Cc1cc(Oc2cc(NC(=O)C3CC3)ncn2)ccc1CC(=O)Oc1ccccc1.Cc1cc(Oc2cc(NC(=O)C3CC3)ncn2)ccc1N.O=C(Cl)Oc1ccccc1. The van der Waals surface area contributed by atoms with E-state index >= 15 is 0 Å². The number of halogens is 1. The number of ether oxygens (including phenoxy) is 4. The first kappa shape index (κ1) is 48.3. The molecule has 63 heavy (non-hydrogen) atoms. The van der Waals surface area contributed by atoms with Gasteiger partial charge in [0.25, 0.3) is 0 Å². The molecule has 2 aliphatic carbocycles. The molecule has 0 saturated heterocycles. The number of nitrogens with one attached hydrogen (secondary N) is 2. The Morgan fingerprint density at radius 1 is 0.603 bits per heavy atom. The fourth-order valence-electron chi connectivity index (χ4n) is 5.35. The third-order valence-corrected chi connectivity index (χ3v) is 9.01. The molecule has 2 heterocycles. The highest BCUT2D eigenvalue weighted by Crippen LogP contribution is 2.32. The molecule has 4 N–H and O–H groups in total. The lowest BCUT2D eigenvalue weighted by molar-refractivity contribution is -0.133. The number of para-hydroxylation sites is 2. The number of anilines is 3. The summed E-state index contributed by atoms with van der Waals surface area (Å²) >= 11 is 4.95. The molecule has 0 bridgehead atoms. The molecule has 0 spiro atoms. The van der Waals surface area contributed by atoms with Gasteiger partial charge < -0.3 is 35.3 Å². The van der Waals surface area contributed by atoms with E-state index in [4.69, 9.17) is 31.5 Å². The molecule has 4 aromatic carbocycles. The van der Waals surface area contributed by atoms with Crippen molar-refractivity contribution in [3.8, 4) is 34.8 Å². The second kappa shape index (κ2) is 23.6. The fraction of sp³-hybridized carbons (Fsp3) is 0.234. The van der Waals surface area contributed by atoms with E-state index in [0.717, 1.165) is 42.4 Å². The van der Waals surface area contributed by atoms with E-state index in [1.54, 1.807) is 66.7 Å². The third kappa shape index (κ3) is 16.2. The number of hydrogen-bond acceptors (Lipinski definition) is 13. The topological polar surface area (TPSA) is 207 Å². The average Bonchev–Trinajstić information content (AvgIpc) is 4.16. The van der Waals surface area contributed by atoms with Gasteiger partial charge in [-0.05, 0) is 111 Å². The largest absolute Gasteiger partial charge is 0.439 e. The highest BCUT2D eigenvalue weighted by molar-refractivity contribution is 6.61. The van der Waals surface area contributed by atoms with E-state index in [2.05, 4.69) is 35.3 Å². The number of carbonyl (C=O) groups is 4. The van der Waals surface area contributed by atoms with Gasteiger partial charge in [0.15, 0.2) is 0 Å². The zero-order valence-corrected chi connectivity index (χ0v) is 34.0. The van der Waals surface area contributed by atoms with Crippen molar-refractivity contribution in [2.24, 2.45) is 11.8 Å². The summed E-state index contributed by atoms with van der Waals surface area (Å²) in [5.74, 6) is 3.62. The number of amides is 2. The van der Waals surface area contributed by atoms with Gasteiger partial charge in [0, 0.05) is 41.3 Å². The van der Waals surface area contributed by atoms with Crippen LogP contribution in [0.1, 0.15) is 57.2 Å². The molecule has 2 saturated carbocycles. The van der Waals surface area contributed by atoms with E-state index < -0.39 is 5.43 Å². The predicted octanol–water partition coefficient (Wildman–Crippen LogP) is 10.3. The number of nitrogens with zero attached hydrogens (tertiary/aromatic N) is 4. The zero-order chi connectivity index (χ0) is 43.1. The predicted molar refractivity (Wildman–Crippen MR) is 241 cm³/mol. The minimum Gasteiger partial charge on any atom is -0.439 e. The molecule has 0 unspecified atom stereocenters. The first-order chi connectivity index (χ1) is 29.5. The number of hydrogen-bond donors (Lipinski definition) is 3. The Kier molecular flexibility index (Phi) is 18.1. The molecule has 2 amide bonds. The lowest BCUT2D eigenvalue weighted by atomic mass is 10.1. The van der Waals surface area contributed by atoms with Crippen LogP contribution in [0, 0.1) is 25.7 Å². The molecule has 0 atom stereocenters. The van der Waals surface area contributed by atoms with Crippen LogP contribution in [-0.4, -0.2) is 43.1 Å². The second-order valence-corrected chi connectivity index (χ2v) is 14.2. The Bertz CT molecular complexity index is 2470. The van der Waals surface area contributed by atoms with Crippen LogP contribution < -0.4 is 35.3 Å². The molecule has 328 valence electrons. The van der Waals surface area contributed by atoms with E-state index in [0.29, 0.717) is 52.1 Å². The number of carbonyl (C=O) groups excluding carboxylic acids is 4. The lowest BCUT2D eigenvalue weighted by Gasteiger charge is -2.10. The molecule has 2 fully saturated rings. The number of aryl methyl sites for hydroxylation is 2. The second-order valence-electron chi connectivity index (χ2n) is 13.9. The lowest BCUT2D eigenvalue weighted by Crippen LogP contribution is -2.14. The van der Waals surface area contributed by atoms with Crippen LogP contribution in [0.3, 0.4) is 0 Å². The molecular formula is C47H50ClN7O8. The molecular weight excluding hydrogens is 826 g/mol. The zero-order valence-electron chi connectivity index (χ0n) is 33.2. The first-order valence-corrected chi connectivity index (χ1v) is 19.6. The minimum atomic E-state index is -0.814. The van der Waals surface area contributed by atoms with Crippen LogP contribution in [-0.2, 0) is 20.8 Å². The van der Waals surface area contributed by atoms with Crippen LogP contribution in [0.4, 0.5) is 22.1 Å². The monoisotopic (exact) mass is 875 g/mol. The summed E-state index contributed by atoms with van der Waals surface area (Å²) in [5, 5.41) is 5.53. The van der Waals surface area contributed by atoms with Gasteiger partial charge in [0.05, 0.1) is 6.42 Å². The summed E-state index contributed by atoms with van der Waals surface area (Å²) in [7, 11) is 0. The van der Waals surface area contributed by atoms with Crippen LogP contribution in [0.15, 0.2) is 122 Å². The Hall–Kier alpha value is -7.39. The molecule has 8 rings (SSSR count). The van der Waals surface area contributed by atoms with Crippen molar-refractivity contribution in [2.75, 3.05) is 16.4 Å². The highest BCUT2D eigenvalue weighted by Gasteiger charge is 2.30. The van der Waals surface area contributed by atoms with E-state index in [1.165, 1.54) is 12.7 Å². The fourth-order valence-corrected chi connectivity index (χ4v) is 5.44. The Morgan fingerprint density at radius 2 is 1.06 bits per heavy atom. The number of esters is 1. The Balaban J connectivity index is 0.000000229. The normalized spacial score (nSPS) is 12.1. The van der Waals surface area contributed by atoms with Crippen LogP contribution in [0.2, 0.25) is 0 Å². The molecule has 16 heteroatoms. The van der Waals surface area contributed by atoms with Gasteiger partial charge in [0.1, 0.15) is 47.3 Å². The average molecular weight is 876 g/mol. The van der Waals surface area contributed by atoms with Crippen LogP contribution in [0.5, 0.6) is 34.8 Å². The van der Waals surface area contributed by atoms with E-state index in [-0.39, 0.29) is 50.9 Å². The molecule has 6 aromatic rings. The number of nitrogen functional groups attached to an aromatic ring is 1. The van der Waals surface area contributed by atoms with E-state index in [9.17, 15) is 19.2 Å². The van der Waals surface area contributed by atoms with Crippen molar-refractivity contribution in [1.29, 1.82) is 0 Å². The Labute approximate surface area is 371 Å². The standard InChI is InChI=1S/C23H21N3O4.C15H16N4O2.C7H5ClO2.2CH4/c1-15-11-19(10-9-17(15)12-22(27)30-18-5-3-2-4-6-18)29-21-13-20(24-14-25-21)26-23(28)16-7-8-16;1-9-6-11(4-5-12(9)16)21-14-7-13(17-8-18-14)19-15(20)10-2-3-10;8-7(9)10-6-4-2-1-3-5-6;;/h2-6,9-11,13-14,16H,7-8,12H2,1H3,(H,24,25,26,28);4-8,10H,2-3,16H2,1H3,(H,17,18,19,20);1-5H;2*1H4. The molecule has 15 nitrogen and oxygen atoms in total. The molecule has 0 aliphatic heterocycles. The van der Waals surface area contributed by atoms with Crippen molar-refractivity contribution in [3.05, 3.63) is 139 Å².